The number of benzene rings is 1. The maximum atomic E-state index is 12.5. The number of carbonyl (C=O) groups excluding carboxylic acids is 1. The van der Waals surface area contributed by atoms with E-state index in [1.807, 2.05) is 63.1 Å². The van der Waals surface area contributed by atoms with E-state index < -0.39 is 0 Å². The quantitative estimate of drug-likeness (QED) is 0.800. The molecule has 20 heavy (non-hydrogen) atoms. The molecule has 0 saturated heterocycles. The largest absolute Gasteiger partial charge is 0.396 e. The van der Waals surface area contributed by atoms with Crippen LogP contribution in [0.5, 0.6) is 0 Å². The standard InChI is InChI=1S/C16H26N2O2/c1-5-18(4)15(14-9-7-6-8-10-14)16(20)17-13(3)12(2)11-19/h6-10,12-13,15,19H,5,11H2,1-4H3,(H,17,20). The molecule has 2 N–H and O–H groups in total. The number of aliphatic hydroxyl groups is 1. The number of rotatable bonds is 7. The van der Waals surface area contributed by atoms with Crippen molar-refractivity contribution in [3.8, 4) is 0 Å². The van der Waals surface area contributed by atoms with E-state index in [9.17, 15) is 4.79 Å². The van der Waals surface area contributed by atoms with E-state index in [0.717, 1.165) is 12.1 Å². The lowest BCUT2D eigenvalue weighted by atomic mass is 10.0. The lowest BCUT2D eigenvalue weighted by molar-refractivity contribution is -0.127. The Morgan fingerprint density at radius 3 is 2.40 bits per heavy atom. The van der Waals surface area contributed by atoms with Gasteiger partial charge in [0.05, 0.1) is 0 Å². The zero-order valence-electron chi connectivity index (χ0n) is 12.8. The molecule has 0 aromatic heterocycles. The topological polar surface area (TPSA) is 52.6 Å². The van der Waals surface area contributed by atoms with Gasteiger partial charge < -0.3 is 10.4 Å². The summed E-state index contributed by atoms with van der Waals surface area (Å²) in [6.07, 6.45) is 0. The Labute approximate surface area is 121 Å². The minimum Gasteiger partial charge on any atom is -0.396 e. The monoisotopic (exact) mass is 278 g/mol. The zero-order chi connectivity index (χ0) is 15.1. The lowest BCUT2D eigenvalue weighted by Crippen LogP contribution is -2.45. The molecule has 1 aromatic rings. The first-order valence-electron chi connectivity index (χ1n) is 7.17. The molecule has 0 radical (unpaired) electrons. The molecule has 0 saturated carbocycles. The number of hydrogen-bond acceptors (Lipinski definition) is 3. The number of nitrogens with zero attached hydrogens (tertiary/aromatic N) is 1. The number of aliphatic hydroxyl groups excluding tert-OH is 1. The molecule has 1 rings (SSSR count). The molecule has 3 unspecified atom stereocenters. The van der Waals surface area contributed by atoms with Crippen LogP contribution in [0.2, 0.25) is 0 Å². The maximum absolute atomic E-state index is 12.5. The highest BCUT2D eigenvalue weighted by Crippen LogP contribution is 2.19. The minimum atomic E-state index is -0.297. The van der Waals surface area contributed by atoms with E-state index in [4.69, 9.17) is 5.11 Å². The summed E-state index contributed by atoms with van der Waals surface area (Å²) in [5.41, 5.74) is 0.984. The van der Waals surface area contributed by atoms with Crippen LogP contribution in [0.15, 0.2) is 30.3 Å². The van der Waals surface area contributed by atoms with Gasteiger partial charge in [0.2, 0.25) is 5.91 Å². The Balaban J connectivity index is 2.87. The van der Waals surface area contributed by atoms with Gasteiger partial charge in [0.25, 0.3) is 0 Å². The highest BCUT2D eigenvalue weighted by Gasteiger charge is 2.26. The normalized spacial score (nSPS) is 15.7. The predicted octanol–water partition coefficient (Wildman–Crippen LogP) is 1.81. The molecule has 0 bridgehead atoms. The van der Waals surface area contributed by atoms with Gasteiger partial charge in [-0.3, -0.25) is 9.69 Å². The first-order valence-corrected chi connectivity index (χ1v) is 7.17. The number of carbonyl (C=O) groups is 1. The lowest BCUT2D eigenvalue weighted by Gasteiger charge is -2.29. The molecule has 0 aliphatic carbocycles. The summed E-state index contributed by atoms with van der Waals surface area (Å²) in [6, 6.07) is 9.42. The van der Waals surface area contributed by atoms with Crippen molar-refractivity contribution in [1.82, 2.24) is 10.2 Å². The SMILES string of the molecule is CCN(C)C(C(=O)NC(C)C(C)CO)c1ccccc1. The highest BCUT2D eigenvalue weighted by molar-refractivity contribution is 5.83. The summed E-state index contributed by atoms with van der Waals surface area (Å²) in [5, 5.41) is 12.2. The molecular weight excluding hydrogens is 252 g/mol. The summed E-state index contributed by atoms with van der Waals surface area (Å²) in [5.74, 6) is 0.0238. The van der Waals surface area contributed by atoms with Crippen molar-refractivity contribution in [2.75, 3.05) is 20.2 Å². The van der Waals surface area contributed by atoms with Crippen molar-refractivity contribution in [2.24, 2.45) is 5.92 Å². The Kier molecular flexibility index (Phi) is 6.68. The Morgan fingerprint density at radius 2 is 1.90 bits per heavy atom. The second-order valence-electron chi connectivity index (χ2n) is 5.34. The van der Waals surface area contributed by atoms with Crippen molar-refractivity contribution in [3.05, 3.63) is 35.9 Å². The highest BCUT2D eigenvalue weighted by atomic mass is 16.3. The fourth-order valence-electron chi connectivity index (χ4n) is 2.03. The molecule has 0 spiro atoms. The van der Waals surface area contributed by atoms with Gasteiger partial charge in [-0.05, 0) is 32.0 Å². The van der Waals surface area contributed by atoms with Gasteiger partial charge in [-0.1, -0.05) is 44.2 Å². The van der Waals surface area contributed by atoms with Crippen LogP contribution in [0.1, 0.15) is 32.4 Å². The van der Waals surface area contributed by atoms with Crippen molar-refractivity contribution >= 4 is 5.91 Å². The number of likely N-dealkylation sites (N-methyl/N-ethyl adjacent to an activating group) is 1. The van der Waals surface area contributed by atoms with Gasteiger partial charge >= 0.3 is 0 Å². The number of amides is 1. The average Bonchev–Trinajstić information content (AvgIpc) is 2.47. The second-order valence-corrected chi connectivity index (χ2v) is 5.34. The van der Waals surface area contributed by atoms with Crippen molar-refractivity contribution in [3.63, 3.8) is 0 Å². The molecule has 0 aliphatic rings. The Bertz CT molecular complexity index is 408. The number of nitrogens with one attached hydrogen (secondary N) is 1. The van der Waals surface area contributed by atoms with E-state index in [0.29, 0.717) is 0 Å². The first-order chi connectivity index (χ1) is 9.51. The van der Waals surface area contributed by atoms with Crippen LogP contribution in [0, 0.1) is 5.92 Å². The Hall–Kier alpha value is -1.39. The van der Waals surface area contributed by atoms with Crippen LogP contribution in [0.25, 0.3) is 0 Å². The summed E-state index contributed by atoms with van der Waals surface area (Å²) < 4.78 is 0. The van der Waals surface area contributed by atoms with Crippen LogP contribution < -0.4 is 5.32 Å². The van der Waals surface area contributed by atoms with E-state index in [-0.39, 0.29) is 30.5 Å². The van der Waals surface area contributed by atoms with Gasteiger partial charge in [0.15, 0.2) is 0 Å². The minimum absolute atomic E-state index is 0.0200. The summed E-state index contributed by atoms with van der Waals surface area (Å²) >= 11 is 0. The van der Waals surface area contributed by atoms with Gasteiger partial charge in [0.1, 0.15) is 6.04 Å². The third-order valence-electron chi connectivity index (χ3n) is 3.81. The Morgan fingerprint density at radius 1 is 1.30 bits per heavy atom. The van der Waals surface area contributed by atoms with Gasteiger partial charge in [-0.2, -0.15) is 0 Å². The van der Waals surface area contributed by atoms with Crippen LogP contribution in [0.4, 0.5) is 0 Å². The molecule has 0 aliphatic heterocycles. The van der Waals surface area contributed by atoms with E-state index in [2.05, 4.69) is 5.32 Å². The molecule has 0 heterocycles. The second kappa shape index (κ2) is 8.02. The zero-order valence-corrected chi connectivity index (χ0v) is 12.8. The molecule has 1 aromatic carbocycles. The van der Waals surface area contributed by atoms with Crippen LogP contribution in [0.3, 0.4) is 0 Å². The molecule has 4 heteroatoms. The summed E-state index contributed by atoms with van der Waals surface area (Å²) in [4.78, 5) is 14.6. The molecule has 112 valence electrons. The smallest absolute Gasteiger partial charge is 0.242 e. The molecule has 1 amide bonds. The van der Waals surface area contributed by atoms with Crippen LogP contribution in [-0.2, 0) is 4.79 Å². The molecule has 4 nitrogen and oxygen atoms in total. The summed E-state index contributed by atoms with van der Waals surface area (Å²) in [6.45, 7) is 6.74. The van der Waals surface area contributed by atoms with E-state index >= 15 is 0 Å². The predicted molar refractivity (Wildman–Crippen MR) is 81.3 cm³/mol. The fraction of sp³-hybridized carbons (Fsp3) is 0.562. The van der Waals surface area contributed by atoms with Gasteiger partial charge in [-0.15, -0.1) is 0 Å². The van der Waals surface area contributed by atoms with Crippen LogP contribution in [-0.4, -0.2) is 42.2 Å². The van der Waals surface area contributed by atoms with E-state index in [1.54, 1.807) is 0 Å². The van der Waals surface area contributed by atoms with Crippen molar-refractivity contribution < 1.29 is 9.90 Å². The van der Waals surface area contributed by atoms with E-state index in [1.165, 1.54) is 0 Å². The number of hydrogen-bond donors (Lipinski definition) is 2. The van der Waals surface area contributed by atoms with Crippen LogP contribution >= 0.6 is 0 Å². The van der Waals surface area contributed by atoms with Crippen molar-refractivity contribution in [2.45, 2.75) is 32.9 Å². The molecular formula is C16H26N2O2. The fourth-order valence-corrected chi connectivity index (χ4v) is 2.03. The first kappa shape index (κ1) is 16.7. The molecule has 3 atom stereocenters. The van der Waals surface area contributed by atoms with Gasteiger partial charge in [-0.25, -0.2) is 0 Å². The van der Waals surface area contributed by atoms with Crippen molar-refractivity contribution in [1.29, 1.82) is 0 Å². The summed E-state index contributed by atoms with van der Waals surface area (Å²) in [7, 11) is 1.94. The third-order valence-corrected chi connectivity index (χ3v) is 3.81. The maximum Gasteiger partial charge on any atom is 0.242 e. The van der Waals surface area contributed by atoms with Gasteiger partial charge in [0, 0.05) is 12.6 Å². The third kappa shape index (κ3) is 4.32. The molecule has 0 fully saturated rings. The average molecular weight is 278 g/mol.